The van der Waals surface area contributed by atoms with Gasteiger partial charge in [-0.1, -0.05) is 18.2 Å². The van der Waals surface area contributed by atoms with Crippen LogP contribution in [-0.2, 0) is 6.54 Å². The zero-order chi connectivity index (χ0) is 16.8. The summed E-state index contributed by atoms with van der Waals surface area (Å²) >= 11 is 0.898. The number of ether oxygens (including phenoxy) is 1. The van der Waals surface area contributed by atoms with E-state index in [1.54, 1.807) is 0 Å². The minimum Gasteiger partial charge on any atom is -0.494 e. The Labute approximate surface area is 138 Å². The van der Waals surface area contributed by atoms with Gasteiger partial charge >= 0.3 is 0 Å². The first-order valence-corrected chi connectivity index (χ1v) is 7.81. The van der Waals surface area contributed by atoms with Crippen LogP contribution >= 0.6 is 11.5 Å². The Bertz CT molecular complexity index is 714. The molecule has 0 aliphatic heterocycles. The predicted molar refractivity (Wildman–Crippen MR) is 88.7 cm³/mol. The second-order valence-electron chi connectivity index (χ2n) is 4.58. The Kier molecular flexibility index (Phi) is 5.53. The van der Waals surface area contributed by atoms with E-state index in [4.69, 9.17) is 10.5 Å². The minimum absolute atomic E-state index is 0.0670. The van der Waals surface area contributed by atoms with Crippen LogP contribution in [0.4, 0.5) is 5.69 Å². The standard InChI is InChI=1S/C15H18N4O3S/c1-3-22-10-7-5-4-6-9(10)8-18-15(21)13-11(16)12(19-23-13)14(20)17-2/h4-7H,3,8,16H2,1-2H3,(H,17,20)(H,18,21). The second kappa shape index (κ2) is 7.59. The van der Waals surface area contributed by atoms with Crippen molar-refractivity contribution in [2.24, 2.45) is 0 Å². The molecule has 0 saturated carbocycles. The van der Waals surface area contributed by atoms with Gasteiger partial charge in [0.25, 0.3) is 11.8 Å². The number of hydrogen-bond acceptors (Lipinski definition) is 6. The van der Waals surface area contributed by atoms with Crippen LogP contribution in [0.1, 0.15) is 32.6 Å². The maximum atomic E-state index is 12.2. The number of nitrogens with one attached hydrogen (secondary N) is 2. The highest BCUT2D eigenvalue weighted by atomic mass is 32.1. The fraction of sp³-hybridized carbons (Fsp3) is 0.267. The van der Waals surface area contributed by atoms with E-state index in [1.807, 2.05) is 31.2 Å². The van der Waals surface area contributed by atoms with Crippen molar-refractivity contribution in [3.8, 4) is 5.75 Å². The number of para-hydroxylation sites is 1. The van der Waals surface area contributed by atoms with Crippen molar-refractivity contribution in [3.05, 3.63) is 40.4 Å². The smallest absolute Gasteiger partial charge is 0.272 e. The van der Waals surface area contributed by atoms with Gasteiger partial charge in [0.2, 0.25) is 0 Å². The first-order chi connectivity index (χ1) is 11.1. The maximum Gasteiger partial charge on any atom is 0.272 e. The van der Waals surface area contributed by atoms with E-state index in [0.29, 0.717) is 13.2 Å². The highest BCUT2D eigenvalue weighted by Crippen LogP contribution is 2.22. The molecule has 1 aromatic heterocycles. The summed E-state index contributed by atoms with van der Waals surface area (Å²) in [5.41, 5.74) is 6.84. The molecule has 1 heterocycles. The molecule has 2 aromatic rings. The number of nitrogens with two attached hydrogens (primary N) is 1. The van der Waals surface area contributed by atoms with Gasteiger partial charge in [-0.25, -0.2) is 0 Å². The lowest BCUT2D eigenvalue weighted by molar-refractivity contribution is 0.0953. The van der Waals surface area contributed by atoms with E-state index in [9.17, 15) is 9.59 Å². The summed E-state index contributed by atoms with van der Waals surface area (Å²) in [7, 11) is 1.48. The Hall–Kier alpha value is -2.61. The Morgan fingerprint density at radius 2 is 2.04 bits per heavy atom. The van der Waals surface area contributed by atoms with Crippen LogP contribution in [0.5, 0.6) is 5.75 Å². The third-order valence-corrected chi connectivity index (χ3v) is 3.95. The lowest BCUT2D eigenvalue weighted by Gasteiger charge is -2.10. The molecule has 2 amide bonds. The van der Waals surface area contributed by atoms with Crippen LogP contribution in [0.2, 0.25) is 0 Å². The summed E-state index contributed by atoms with van der Waals surface area (Å²) < 4.78 is 9.44. The first-order valence-electron chi connectivity index (χ1n) is 7.04. The van der Waals surface area contributed by atoms with Crippen molar-refractivity contribution >= 4 is 29.0 Å². The zero-order valence-electron chi connectivity index (χ0n) is 12.9. The van der Waals surface area contributed by atoms with E-state index in [1.165, 1.54) is 7.05 Å². The number of rotatable bonds is 6. The number of carbonyl (C=O) groups is 2. The molecule has 0 fully saturated rings. The van der Waals surface area contributed by atoms with Gasteiger partial charge < -0.3 is 21.1 Å². The molecule has 0 spiro atoms. The SMILES string of the molecule is CCOc1ccccc1CNC(=O)c1snc(C(=O)NC)c1N. The molecule has 2 rings (SSSR count). The van der Waals surface area contributed by atoms with Crippen molar-refractivity contribution in [1.29, 1.82) is 0 Å². The number of anilines is 1. The number of aromatic nitrogens is 1. The number of nitrogens with zero attached hydrogens (tertiary/aromatic N) is 1. The molecule has 0 atom stereocenters. The molecule has 0 saturated heterocycles. The van der Waals surface area contributed by atoms with E-state index in [-0.39, 0.29) is 22.2 Å². The van der Waals surface area contributed by atoms with Gasteiger partial charge in [-0.05, 0) is 24.5 Å². The summed E-state index contributed by atoms with van der Waals surface area (Å²) in [4.78, 5) is 24.0. The fourth-order valence-corrected chi connectivity index (χ4v) is 2.66. The first kappa shape index (κ1) is 16.8. The molecule has 1 aromatic carbocycles. The molecule has 122 valence electrons. The molecule has 0 aliphatic rings. The van der Waals surface area contributed by atoms with Gasteiger partial charge in [-0.2, -0.15) is 4.37 Å². The van der Waals surface area contributed by atoms with Gasteiger partial charge in [0, 0.05) is 19.2 Å². The molecular weight excluding hydrogens is 316 g/mol. The lowest BCUT2D eigenvalue weighted by atomic mass is 10.2. The minimum atomic E-state index is -0.417. The molecule has 8 heteroatoms. The van der Waals surface area contributed by atoms with Crippen LogP contribution in [0.3, 0.4) is 0 Å². The normalized spacial score (nSPS) is 10.2. The van der Waals surface area contributed by atoms with E-state index in [2.05, 4.69) is 15.0 Å². The predicted octanol–water partition coefficient (Wildman–Crippen LogP) is 1.41. The average Bonchev–Trinajstić information content (AvgIpc) is 2.95. The van der Waals surface area contributed by atoms with Gasteiger partial charge in [0.05, 0.1) is 12.3 Å². The summed E-state index contributed by atoms with van der Waals surface area (Å²) in [5.74, 6) is -0.0698. The third-order valence-electron chi connectivity index (χ3n) is 3.09. The monoisotopic (exact) mass is 334 g/mol. The lowest BCUT2D eigenvalue weighted by Crippen LogP contribution is -2.24. The number of hydrogen-bond donors (Lipinski definition) is 3. The van der Waals surface area contributed by atoms with Crippen LogP contribution in [-0.4, -0.2) is 29.8 Å². The summed E-state index contributed by atoms with van der Waals surface area (Å²) in [6.07, 6.45) is 0. The largest absolute Gasteiger partial charge is 0.494 e. The molecule has 0 unspecified atom stereocenters. The number of amides is 2. The molecule has 4 N–H and O–H groups in total. The Balaban J connectivity index is 2.09. The topological polar surface area (TPSA) is 106 Å². The van der Waals surface area contributed by atoms with Crippen molar-refractivity contribution < 1.29 is 14.3 Å². The second-order valence-corrected chi connectivity index (χ2v) is 5.35. The summed E-state index contributed by atoms with van der Waals surface area (Å²) in [5, 5.41) is 5.20. The van der Waals surface area contributed by atoms with Crippen LogP contribution in [0.15, 0.2) is 24.3 Å². The van der Waals surface area contributed by atoms with Gasteiger partial charge in [-0.3, -0.25) is 9.59 Å². The zero-order valence-corrected chi connectivity index (χ0v) is 13.7. The van der Waals surface area contributed by atoms with Crippen LogP contribution in [0, 0.1) is 0 Å². The number of nitrogen functional groups attached to an aromatic ring is 1. The highest BCUT2D eigenvalue weighted by Gasteiger charge is 2.21. The maximum absolute atomic E-state index is 12.2. The molecule has 0 radical (unpaired) electrons. The van der Waals surface area contributed by atoms with Crippen molar-refractivity contribution in [3.63, 3.8) is 0 Å². The highest BCUT2D eigenvalue weighted by molar-refractivity contribution is 7.09. The number of carbonyl (C=O) groups excluding carboxylic acids is 2. The van der Waals surface area contributed by atoms with Crippen molar-refractivity contribution in [2.45, 2.75) is 13.5 Å². The fourth-order valence-electron chi connectivity index (χ4n) is 1.95. The van der Waals surface area contributed by atoms with Crippen molar-refractivity contribution in [2.75, 3.05) is 19.4 Å². The average molecular weight is 334 g/mol. The van der Waals surface area contributed by atoms with E-state index >= 15 is 0 Å². The quantitative estimate of drug-likeness (QED) is 0.740. The summed E-state index contributed by atoms with van der Waals surface area (Å²) in [6, 6.07) is 7.45. The van der Waals surface area contributed by atoms with E-state index in [0.717, 1.165) is 22.8 Å². The molecule has 23 heavy (non-hydrogen) atoms. The van der Waals surface area contributed by atoms with Gasteiger partial charge in [0.1, 0.15) is 10.6 Å². The van der Waals surface area contributed by atoms with E-state index < -0.39 is 5.91 Å². The third kappa shape index (κ3) is 3.78. The molecule has 7 nitrogen and oxygen atoms in total. The number of benzene rings is 1. The van der Waals surface area contributed by atoms with Crippen molar-refractivity contribution in [1.82, 2.24) is 15.0 Å². The Morgan fingerprint density at radius 3 is 2.74 bits per heavy atom. The van der Waals surface area contributed by atoms with Crippen LogP contribution < -0.4 is 21.1 Å². The summed E-state index contributed by atoms with van der Waals surface area (Å²) in [6.45, 7) is 2.73. The molecular formula is C15H18N4O3S. The molecule has 0 bridgehead atoms. The van der Waals surface area contributed by atoms with Gasteiger partial charge in [-0.15, -0.1) is 0 Å². The van der Waals surface area contributed by atoms with Gasteiger partial charge in [0.15, 0.2) is 5.69 Å². The van der Waals surface area contributed by atoms with Crippen LogP contribution in [0.25, 0.3) is 0 Å². The molecule has 0 aliphatic carbocycles. The Morgan fingerprint density at radius 1 is 1.30 bits per heavy atom.